The van der Waals surface area contributed by atoms with Gasteiger partial charge in [-0.2, -0.15) is 0 Å². The van der Waals surface area contributed by atoms with Crippen molar-refractivity contribution in [3.8, 4) is 0 Å². The molecule has 0 amide bonds. The fourth-order valence-electron chi connectivity index (χ4n) is 3.10. The van der Waals surface area contributed by atoms with E-state index in [2.05, 4.69) is 20.8 Å². The van der Waals surface area contributed by atoms with E-state index in [1.807, 2.05) is 13.1 Å². The Hall–Kier alpha value is -0.313. The van der Waals surface area contributed by atoms with Gasteiger partial charge in [-0.15, -0.1) is 0 Å². The van der Waals surface area contributed by atoms with Gasteiger partial charge in [0, 0.05) is 0 Å². The first-order valence-corrected chi connectivity index (χ1v) is 11.0. The lowest BCUT2D eigenvalue weighted by atomic mass is 9.95. The second-order valence-corrected chi connectivity index (χ2v) is 13.5. The SMILES string of the molecule is CC1(C)O[C@H]2OC3[C@H](O[Si](C)(C)C(C)(C)C)C(F)=C[C@]3(O)[C@H]2O1. The molecule has 0 aromatic rings. The minimum Gasteiger partial charge on any atom is -0.405 e. The third-order valence-corrected chi connectivity index (χ3v) is 9.85. The highest BCUT2D eigenvalue weighted by atomic mass is 28.4. The molecule has 2 saturated heterocycles. The smallest absolute Gasteiger partial charge is 0.193 e. The van der Waals surface area contributed by atoms with E-state index < -0.39 is 50.1 Å². The molecule has 0 aromatic heterocycles. The monoisotopic (exact) mass is 346 g/mol. The maximum absolute atomic E-state index is 14.5. The van der Waals surface area contributed by atoms with Crippen molar-refractivity contribution in [2.75, 3.05) is 0 Å². The van der Waals surface area contributed by atoms with Gasteiger partial charge in [-0.05, 0) is 38.1 Å². The number of rotatable bonds is 2. The highest BCUT2D eigenvalue weighted by Crippen LogP contribution is 2.51. The van der Waals surface area contributed by atoms with Crippen LogP contribution in [0.1, 0.15) is 34.6 Å². The van der Waals surface area contributed by atoms with E-state index in [0.29, 0.717) is 0 Å². The summed E-state index contributed by atoms with van der Waals surface area (Å²) in [5.74, 6) is -1.35. The van der Waals surface area contributed by atoms with Gasteiger partial charge in [0.1, 0.15) is 29.7 Å². The quantitative estimate of drug-likeness (QED) is 0.779. The van der Waals surface area contributed by atoms with Crippen molar-refractivity contribution in [1.29, 1.82) is 0 Å². The molecule has 3 aliphatic rings. The Morgan fingerprint density at radius 1 is 1.22 bits per heavy atom. The molecule has 1 N–H and O–H groups in total. The second-order valence-electron chi connectivity index (χ2n) is 8.70. The minimum atomic E-state index is -2.22. The van der Waals surface area contributed by atoms with Crippen molar-refractivity contribution in [2.45, 2.75) is 88.7 Å². The van der Waals surface area contributed by atoms with E-state index in [1.165, 1.54) is 6.08 Å². The lowest BCUT2D eigenvalue weighted by Crippen LogP contribution is -2.52. The molecule has 3 rings (SSSR count). The summed E-state index contributed by atoms with van der Waals surface area (Å²) in [4.78, 5) is 0. The van der Waals surface area contributed by atoms with E-state index in [4.69, 9.17) is 18.6 Å². The summed E-state index contributed by atoms with van der Waals surface area (Å²) in [5, 5.41) is 10.9. The van der Waals surface area contributed by atoms with Crippen molar-refractivity contribution in [3.63, 3.8) is 0 Å². The van der Waals surface area contributed by atoms with Gasteiger partial charge in [-0.25, -0.2) is 4.39 Å². The van der Waals surface area contributed by atoms with Gasteiger partial charge in [0.25, 0.3) is 0 Å². The van der Waals surface area contributed by atoms with Crippen LogP contribution in [0.3, 0.4) is 0 Å². The van der Waals surface area contributed by atoms with Crippen molar-refractivity contribution < 1.29 is 28.1 Å². The fourth-order valence-corrected chi connectivity index (χ4v) is 4.32. The second kappa shape index (κ2) is 4.86. The normalized spacial score (nSPS) is 42.6. The Labute approximate surface area is 137 Å². The van der Waals surface area contributed by atoms with Crippen LogP contribution in [0.4, 0.5) is 4.39 Å². The average molecular weight is 346 g/mol. The van der Waals surface area contributed by atoms with Crippen molar-refractivity contribution in [3.05, 3.63) is 11.9 Å². The lowest BCUT2D eigenvalue weighted by molar-refractivity contribution is -0.228. The molecular weight excluding hydrogens is 319 g/mol. The molecule has 1 unspecified atom stereocenters. The molecule has 23 heavy (non-hydrogen) atoms. The van der Waals surface area contributed by atoms with Crippen LogP contribution in [0.5, 0.6) is 0 Å². The van der Waals surface area contributed by atoms with Crippen molar-refractivity contribution in [2.24, 2.45) is 0 Å². The number of aliphatic hydroxyl groups is 1. The van der Waals surface area contributed by atoms with E-state index >= 15 is 0 Å². The predicted molar refractivity (Wildman–Crippen MR) is 84.9 cm³/mol. The van der Waals surface area contributed by atoms with Gasteiger partial charge in [0.2, 0.25) is 0 Å². The summed E-state index contributed by atoms with van der Waals surface area (Å²) in [6.45, 7) is 13.8. The summed E-state index contributed by atoms with van der Waals surface area (Å²) in [5.41, 5.74) is -1.56. The number of hydrogen-bond donors (Lipinski definition) is 1. The van der Waals surface area contributed by atoms with Crippen LogP contribution in [0.2, 0.25) is 18.1 Å². The maximum atomic E-state index is 14.5. The van der Waals surface area contributed by atoms with Crippen LogP contribution in [0, 0.1) is 0 Å². The van der Waals surface area contributed by atoms with Gasteiger partial charge in [-0.3, -0.25) is 0 Å². The fraction of sp³-hybridized carbons (Fsp3) is 0.875. The Balaban J connectivity index is 1.85. The molecule has 2 aliphatic heterocycles. The van der Waals surface area contributed by atoms with Crippen LogP contribution in [-0.4, -0.2) is 49.4 Å². The zero-order chi connectivity index (χ0) is 17.4. The van der Waals surface area contributed by atoms with E-state index in [-0.39, 0.29) is 5.04 Å². The first kappa shape index (κ1) is 17.5. The molecular formula is C16H27FO5Si. The van der Waals surface area contributed by atoms with Gasteiger partial charge in [-0.1, -0.05) is 20.8 Å². The molecule has 0 spiro atoms. The first-order chi connectivity index (χ1) is 10.3. The van der Waals surface area contributed by atoms with Gasteiger partial charge in [0.15, 0.2) is 20.4 Å². The van der Waals surface area contributed by atoms with Crippen LogP contribution < -0.4 is 0 Å². The van der Waals surface area contributed by atoms with Crippen molar-refractivity contribution in [1.82, 2.24) is 0 Å². The van der Waals surface area contributed by atoms with Gasteiger partial charge < -0.3 is 23.7 Å². The van der Waals surface area contributed by atoms with Crippen molar-refractivity contribution >= 4 is 8.32 Å². The maximum Gasteiger partial charge on any atom is 0.193 e. The predicted octanol–water partition coefficient (Wildman–Crippen LogP) is 2.85. The topological polar surface area (TPSA) is 57.2 Å². The molecule has 5 nitrogen and oxygen atoms in total. The molecule has 0 saturated carbocycles. The molecule has 0 bridgehead atoms. The van der Waals surface area contributed by atoms with Crippen LogP contribution in [-0.2, 0) is 18.6 Å². The zero-order valence-electron chi connectivity index (χ0n) is 14.8. The number of hydrogen-bond acceptors (Lipinski definition) is 5. The molecule has 0 aromatic carbocycles. The summed E-state index contributed by atoms with van der Waals surface area (Å²) in [6.07, 6.45) is -2.04. The lowest BCUT2D eigenvalue weighted by Gasteiger charge is -2.40. The molecule has 2 heterocycles. The van der Waals surface area contributed by atoms with Crippen LogP contribution >= 0.6 is 0 Å². The number of halogens is 1. The summed E-state index contributed by atoms with van der Waals surface area (Å²) >= 11 is 0. The average Bonchev–Trinajstić information content (AvgIpc) is 2.85. The molecule has 2 fully saturated rings. The number of fused-ring (bicyclic) bond motifs is 3. The highest BCUT2D eigenvalue weighted by molar-refractivity contribution is 6.74. The van der Waals surface area contributed by atoms with E-state index in [1.54, 1.807) is 13.8 Å². The third kappa shape index (κ3) is 2.62. The molecule has 1 aliphatic carbocycles. The largest absolute Gasteiger partial charge is 0.405 e. The summed E-state index contributed by atoms with van der Waals surface area (Å²) in [7, 11) is -2.22. The van der Waals surface area contributed by atoms with E-state index in [9.17, 15) is 9.50 Å². The molecule has 132 valence electrons. The van der Waals surface area contributed by atoms with Gasteiger partial charge >= 0.3 is 0 Å². The standard InChI is InChI=1S/C16H27FO5Si/c1-14(2,3)23(6,7)22-10-9(17)8-16(18)11(10)19-13-12(16)20-15(4,5)21-13/h8,10-13,18H,1-7H3/t10-,11?,12+,13-,16-/m1/s1. The number of ether oxygens (including phenoxy) is 3. The van der Waals surface area contributed by atoms with Crippen LogP contribution in [0.25, 0.3) is 0 Å². The minimum absolute atomic E-state index is 0.0720. The van der Waals surface area contributed by atoms with Gasteiger partial charge in [0.05, 0.1) is 0 Å². The van der Waals surface area contributed by atoms with Crippen LogP contribution in [0.15, 0.2) is 11.9 Å². The third-order valence-electron chi connectivity index (χ3n) is 5.39. The summed E-state index contributed by atoms with van der Waals surface area (Å²) < 4.78 is 37.9. The summed E-state index contributed by atoms with van der Waals surface area (Å²) in [6, 6.07) is 0. The Bertz CT molecular complexity index is 541. The first-order valence-electron chi connectivity index (χ1n) is 8.06. The molecule has 5 atom stereocenters. The molecule has 7 heteroatoms. The zero-order valence-corrected chi connectivity index (χ0v) is 15.8. The Morgan fingerprint density at radius 2 is 1.83 bits per heavy atom. The van der Waals surface area contributed by atoms with E-state index in [0.717, 1.165) is 0 Å². The Morgan fingerprint density at radius 3 is 2.39 bits per heavy atom. The molecule has 0 radical (unpaired) electrons. The Kier molecular flexibility index (Phi) is 3.70. The highest BCUT2D eigenvalue weighted by Gasteiger charge is 2.68.